The summed E-state index contributed by atoms with van der Waals surface area (Å²) in [4.78, 5) is 29.1. The van der Waals surface area contributed by atoms with Crippen molar-refractivity contribution in [2.45, 2.75) is 53.2 Å². The van der Waals surface area contributed by atoms with Crippen molar-refractivity contribution >= 4 is 23.5 Å². The zero-order valence-corrected chi connectivity index (χ0v) is 22.0. The summed E-state index contributed by atoms with van der Waals surface area (Å²) in [5.74, 6) is 0. The lowest BCUT2D eigenvalue weighted by Crippen LogP contribution is -2.35. The molecule has 0 bridgehead atoms. The first-order valence-corrected chi connectivity index (χ1v) is 12.3. The van der Waals surface area contributed by atoms with Crippen LogP contribution in [0.25, 0.3) is 0 Å². The number of nitrogens with zero attached hydrogens (tertiary/aromatic N) is 2. The Morgan fingerprint density at radius 1 is 1.03 bits per heavy atom. The molecule has 3 rings (SSSR count). The minimum Gasteiger partial charge on any atom is -0.465 e. The van der Waals surface area contributed by atoms with Gasteiger partial charge in [-0.25, -0.2) is 9.59 Å². The summed E-state index contributed by atoms with van der Waals surface area (Å²) in [5, 5.41) is 11.8. The van der Waals surface area contributed by atoms with E-state index in [1.165, 1.54) is 15.3 Å². The van der Waals surface area contributed by atoms with Gasteiger partial charge in [0, 0.05) is 30.7 Å². The Hall–Kier alpha value is -3.39. The molecule has 0 aliphatic rings. The fourth-order valence-corrected chi connectivity index (χ4v) is 3.04. The second kappa shape index (κ2) is 16.3. The number of benzene rings is 2. The third-order valence-electron chi connectivity index (χ3n) is 4.26. The second-order valence-corrected chi connectivity index (χ2v) is 9.83. The van der Waals surface area contributed by atoms with Crippen molar-refractivity contribution in [3.63, 3.8) is 0 Å². The Morgan fingerprint density at radius 2 is 1.63 bits per heavy atom. The number of aryl methyl sites for hydroxylation is 2. The highest BCUT2D eigenvalue weighted by molar-refractivity contribution is 7.09. The smallest absolute Gasteiger partial charge is 0.407 e. The number of nitrogens with one attached hydrogen (secondary N) is 1. The molecule has 2 N–H and O–H groups in total. The number of amides is 2. The molecule has 0 saturated carbocycles. The van der Waals surface area contributed by atoms with Crippen LogP contribution in [0, 0.1) is 13.8 Å². The minimum absolute atomic E-state index is 0.336. The van der Waals surface area contributed by atoms with Crippen molar-refractivity contribution in [1.29, 1.82) is 0 Å². The van der Waals surface area contributed by atoms with Gasteiger partial charge in [0.05, 0.1) is 5.51 Å². The van der Waals surface area contributed by atoms with Crippen LogP contribution >= 0.6 is 11.3 Å². The van der Waals surface area contributed by atoms with Crippen molar-refractivity contribution in [1.82, 2.24) is 15.2 Å². The average Bonchev–Trinajstić information content (AvgIpc) is 3.27. The van der Waals surface area contributed by atoms with E-state index in [0.29, 0.717) is 26.1 Å². The predicted octanol–water partition coefficient (Wildman–Crippen LogP) is 6.53. The van der Waals surface area contributed by atoms with Crippen LogP contribution in [-0.2, 0) is 11.3 Å². The van der Waals surface area contributed by atoms with Crippen molar-refractivity contribution in [3.8, 4) is 0 Å². The molecular weight excluding hydrogens is 462 g/mol. The van der Waals surface area contributed by atoms with E-state index in [9.17, 15) is 14.7 Å². The van der Waals surface area contributed by atoms with Crippen LogP contribution in [0.1, 0.15) is 43.2 Å². The van der Waals surface area contributed by atoms with E-state index >= 15 is 0 Å². The zero-order chi connectivity index (χ0) is 26.1. The molecule has 35 heavy (non-hydrogen) atoms. The molecule has 2 amide bonds. The van der Waals surface area contributed by atoms with E-state index < -0.39 is 17.8 Å². The van der Waals surface area contributed by atoms with Gasteiger partial charge in [-0.2, -0.15) is 0 Å². The highest BCUT2D eigenvalue weighted by atomic mass is 32.1. The number of hydrogen-bond donors (Lipinski definition) is 2. The molecule has 0 radical (unpaired) electrons. The Morgan fingerprint density at radius 3 is 2.03 bits per heavy atom. The number of aromatic nitrogens is 1. The maximum absolute atomic E-state index is 11.5. The summed E-state index contributed by atoms with van der Waals surface area (Å²) in [6.07, 6.45) is 0.918. The number of carbonyl (C=O) groups is 2. The molecule has 1 aromatic heterocycles. The van der Waals surface area contributed by atoms with Crippen LogP contribution in [0.3, 0.4) is 0 Å². The number of ether oxygens (including phenoxy) is 1. The monoisotopic (exact) mass is 499 g/mol. The van der Waals surface area contributed by atoms with Gasteiger partial charge >= 0.3 is 12.2 Å². The Kier molecular flexibility index (Phi) is 13.8. The number of thiazole rings is 1. The molecule has 0 aliphatic carbocycles. The fraction of sp³-hybridized carbons (Fsp3) is 0.370. The molecule has 190 valence electrons. The van der Waals surface area contributed by atoms with E-state index in [0.717, 1.165) is 5.56 Å². The lowest BCUT2D eigenvalue weighted by atomic mass is 10.2. The molecule has 0 unspecified atom stereocenters. The van der Waals surface area contributed by atoms with Crippen LogP contribution in [0.15, 0.2) is 72.4 Å². The van der Waals surface area contributed by atoms with Gasteiger partial charge in [-0.1, -0.05) is 66.2 Å². The van der Waals surface area contributed by atoms with E-state index in [2.05, 4.69) is 29.4 Å². The number of hydrogen-bond acceptors (Lipinski definition) is 5. The Balaban J connectivity index is 0.000000376. The van der Waals surface area contributed by atoms with Gasteiger partial charge in [0.15, 0.2) is 0 Å². The van der Waals surface area contributed by atoms with Crippen molar-refractivity contribution in [2.24, 2.45) is 0 Å². The lowest BCUT2D eigenvalue weighted by Gasteiger charge is -2.21. The van der Waals surface area contributed by atoms with Gasteiger partial charge in [0.1, 0.15) is 5.60 Å². The van der Waals surface area contributed by atoms with Crippen LogP contribution in [0.5, 0.6) is 0 Å². The highest BCUT2D eigenvalue weighted by Crippen LogP contribution is 2.07. The summed E-state index contributed by atoms with van der Waals surface area (Å²) in [6.45, 7) is 10.5. The van der Waals surface area contributed by atoms with E-state index in [1.807, 2.05) is 67.2 Å². The SMILES string of the molecule is CC(C)(C)OC(=O)NCCCN(Cc1ccccc1)C(=O)O.Cc1ccccc1.Cc1cncs1. The molecule has 0 spiro atoms. The zero-order valence-electron chi connectivity index (χ0n) is 21.2. The number of carbonyl (C=O) groups excluding carboxylic acids is 1. The van der Waals surface area contributed by atoms with Gasteiger partial charge in [0.2, 0.25) is 0 Å². The number of alkyl carbamates (subject to hydrolysis) is 1. The molecule has 2 aromatic carbocycles. The Bertz CT molecular complexity index is 959. The second-order valence-electron chi connectivity index (χ2n) is 8.74. The van der Waals surface area contributed by atoms with Crippen molar-refractivity contribution in [2.75, 3.05) is 13.1 Å². The number of carboxylic acid groups (broad SMARTS) is 1. The van der Waals surface area contributed by atoms with Gasteiger partial charge in [0.25, 0.3) is 0 Å². The molecule has 0 saturated heterocycles. The summed E-state index contributed by atoms with van der Waals surface area (Å²) >= 11 is 1.67. The third kappa shape index (κ3) is 16.0. The standard InChI is InChI=1S/C16H24N2O4.C7H8.C4H5NS/c1-16(2,3)22-14(19)17-10-7-11-18(15(20)21)12-13-8-5-4-6-9-13;1-7-5-3-2-4-6-7;1-4-2-5-3-6-4/h4-6,8-9H,7,10-12H2,1-3H3,(H,17,19)(H,20,21);2-6H,1H3;2-3H,1H3. The van der Waals surface area contributed by atoms with Gasteiger partial charge < -0.3 is 20.1 Å². The highest BCUT2D eigenvalue weighted by Gasteiger charge is 2.16. The van der Waals surface area contributed by atoms with Gasteiger partial charge in [-0.3, -0.25) is 4.98 Å². The molecule has 8 heteroatoms. The first kappa shape index (κ1) is 29.6. The largest absolute Gasteiger partial charge is 0.465 e. The Labute approximate surface area is 212 Å². The molecule has 0 fully saturated rings. The van der Waals surface area contributed by atoms with Gasteiger partial charge in [-0.05, 0) is 46.6 Å². The van der Waals surface area contributed by atoms with Gasteiger partial charge in [-0.15, -0.1) is 11.3 Å². The van der Waals surface area contributed by atoms with E-state index in [-0.39, 0.29) is 0 Å². The fourth-order valence-electron chi connectivity index (χ4n) is 2.63. The maximum atomic E-state index is 11.5. The van der Waals surface area contributed by atoms with Crippen LogP contribution < -0.4 is 5.32 Å². The third-order valence-corrected chi connectivity index (χ3v) is 4.96. The molecule has 7 nitrogen and oxygen atoms in total. The molecule has 0 aliphatic heterocycles. The molecular formula is C27H37N3O4S. The lowest BCUT2D eigenvalue weighted by molar-refractivity contribution is 0.0526. The van der Waals surface area contributed by atoms with Crippen LogP contribution in [-0.4, -0.2) is 45.9 Å². The molecule has 3 aromatic rings. The first-order valence-electron chi connectivity index (χ1n) is 11.4. The summed E-state index contributed by atoms with van der Waals surface area (Å²) in [7, 11) is 0. The van der Waals surface area contributed by atoms with Crippen LogP contribution in [0.4, 0.5) is 9.59 Å². The normalized spacial score (nSPS) is 10.1. The number of rotatable bonds is 6. The molecule has 0 atom stereocenters. The summed E-state index contributed by atoms with van der Waals surface area (Å²) in [5.41, 5.74) is 3.55. The summed E-state index contributed by atoms with van der Waals surface area (Å²) in [6, 6.07) is 19.7. The van der Waals surface area contributed by atoms with Crippen molar-refractivity contribution in [3.05, 3.63) is 88.4 Å². The summed E-state index contributed by atoms with van der Waals surface area (Å²) < 4.78 is 5.11. The predicted molar refractivity (Wildman–Crippen MR) is 142 cm³/mol. The van der Waals surface area contributed by atoms with E-state index in [4.69, 9.17) is 4.74 Å². The first-order chi connectivity index (χ1) is 16.6. The minimum atomic E-state index is -0.971. The quantitative estimate of drug-likeness (QED) is 0.376. The van der Waals surface area contributed by atoms with Crippen molar-refractivity contribution < 1.29 is 19.4 Å². The average molecular weight is 500 g/mol. The topological polar surface area (TPSA) is 91.8 Å². The van der Waals surface area contributed by atoms with E-state index in [1.54, 1.807) is 32.1 Å². The van der Waals surface area contributed by atoms with Crippen LogP contribution in [0.2, 0.25) is 0 Å². The molecule has 1 heterocycles. The maximum Gasteiger partial charge on any atom is 0.407 e.